The third-order valence-electron chi connectivity index (χ3n) is 6.87. The maximum absolute atomic E-state index is 13.6. The summed E-state index contributed by atoms with van der Waals surface area (Å²) in [4.78, 5) is 26.9. The number of carbonyl (C=O) groups excluding carboxylic acids is 2. The predicted octanol–water partition coefficient (Wildman–Crippen LogP) is 4.79. The fraction of sp³-hybridized carbons (Fsp3) is 0.357. The topological polar surface area (TPSA) is 105 Å². The molecule has 1 saturated heterocycles. The first-order valence-corrected chi connectivity index (χ1v) is 13.9. The van der Waals surface area contributed by atoms with Crippen LogP contribution in [0, 0.1) is 18.8 Å². The minimum Gasteiger partial charge on any atom is -0.450 e. The third-order valence-corrected chi connectivity index (χ3v) is 8.39. The molecule has 0 unspecified atom stereocenters. The standard InChI is InChI=1S/C28H33N3O5S/c1-5-36-28(33)31-16-19(3)26(20(4)17-31)30-37(34,35)25-15-14-24(22-12-8-9-13-23(22)25)29-27(32)21-11-7-6-10-18(21)2/h6-15,19-20,26,30H,5,16-17H2,1-4H3,(H,29,32)/t19-,20-/m0/s1. The summed E-state index contributed by atoms with van der Waals surface area (Å²) in [5.41, 5.74) is 1.94. The molecule has 0 aliphatic carbocycles. The fourth-order valence-corrected chi connectivity index (χ4v) is 6.69. The summed E-state index contributed by atoms with van der Waals surface area (Å²) >= 11 is 0. The molecule has 0 spiro atoms. The van der Waals surface area contributed by atoms with Crippen LogP contribution in [0.4, 0.5) is 10.5 Å². The van der Waals surface area contributed by atoms with E-state index in [0.29, 0.717) is 41.7 Å². The highest BCUT2D eigenvalue weighted by Gasteiger charge is 2.37. The maximum Gasteiger partial charge on any atom is 0.409 e. The van der Waals surface area contributed by atoms with E-state index < -0.39 is 10.0 Å². The number of nitrogens with one attached hydrogen (secondary N) is 2. The molecule has 8 nitrogen and oxygen atoms in total. The highest BCUT2D eigenvalue weighted by molar-refractivity contribution is 7.89. The molecule has 4 rings (SSSR count). The van der Waals surface area contributed by atoms with E-state index in [2.05, 4.69) is 10.0 Å². The molecule has 196 valence electrons. The maximum atomic E-state index is 13.6. The number of hydrogen-bond donors (Lipinski definition) is 2. The Morgan fingerprint density at radius 3 is 2.22 bits per heavy atom. The van der Waals surface area contributed by atoms with Crippen molar-refractivity contribution < 1.29 is 22.7 Å². The molecule has 9 heteroatoms. The number of aryl methyl sites for hydroxylation is 1. The Morgan fingerprint density at radius 2 is 1.57 bits per heavy atom. The largest absolute Gasteiger partial charge is 0.450 e. The van der Waals surface area contributed by atoms with Crippen LogP contribution in [-0.4, -0.2) is 51.1 Å². The number of amides is 2. The monoisotopic (exact) mass is 523 g/mol. The number of benzene rings is 3. The average Bonchev–Trinajstić information content (AvgIpc) is 2.86. The molecule has 37 heavy (non-hydrogen) atoms. The van der Waals surface area contributed by atoms with Crippen molar-refractivity contribution in [1.29, 1.82) is 0 Å². The van der Waals surface area contributed by atoms with E-state index in [1.807, 2.05) is 39.0 Å². The Bertz CT molecular complexity index is 1410. The minimum absolute atomic E-state index is 0.109. The Balaban J connectivity index is 1.60. The third kappa shape index (κ3) is 5.62. The molecule has 1 heterocycles. The molecule has 0 bridgehead atoms. The van der Waals surface area contributed by atoms with Gasteiger partial charge in [0.25, 0.3) is 5.91 Å². The number of carbonyl (C=O) groups is 2. The summed E-state index contributed by atoms with van der Waals surface area (Å²) in [5, 5.41) is 4.08. The van der Waals surface area contributed by atoms with Crippen LogP contribution >= 0.6 is 0 Å². The normalized spacial score (nSPS) is 18.5. The van der Waals surface area contributed by atoms with Crippen molar-refractivity contribution in [2.24, 2.45) is 11.8 Å². The molecule has 1 aliphatic heterocycles. The molecule has 3 aromatic rings. The van der Waals surface area contributed by atoms with Gasteiger partial charge in [0, 0.05) is 41.2 Å². The molecule has 0 aromatic heterocycles. The van der Waals surface area contributed by atoms with E-state index in [1.165, 1.54) is 6.07 Å². The van der Waals surface area contributed by atoms with Crippen LogP contribution in [0.3, 0.4) is 0 Å². The lowest BCUT2D eigenvalue weighted by molar-refractivity contribution is 0.0680. The van der Waals surface area contributed by atoms with Crippen LogP contribution in [0.2, 0.25) is 0 Å². The van der Waals surface area contributed by atoms with E-state index >= 15 is 0 Å². The summed E-state index contributed by atoms with van der Waals surface area (Å²) in [6.07, 6.45) is -0.378. The SMILES string of the molecule is CCOC(=O)N1C[C@H](C)C(NS(=O)(=O)c2ccc(NC(=O)c3ccccc3C)c3ccccc23)[C@@H](C)C1. The van der Waals surface area contributed by atoms with Gasteiger partial charge in [-0.15, -0.1) is 0 Å². The van der Waals surface area contributed by atoms with Crippen molar-refractivity contribution in [3.8, 4) is 0 Å². The Labute approximate surface area is 218 Å². The van der Waals surface area contributed by atoms with Crippen molar-refractivity contribution in [1.82, 2.24) is 9.62 Å². The zero-order valence-electron chi connectivity index (χ0n) is 21.5. The summed E-state index contributed by atoms with van der Waals surface area (Å²) in [6.45, 7) is 8.59. The summed E-state index contributed by atoms with van der Waals surface area (Å²) in [6, 6.07) is 17.2. The number of fused-ring (bicyclic) bond motifs is 1. The highest BCUT2D eigenvalue weighted by atomic mass is 32.2. The van der Waals surface area contributed by atoms with Gasteiger partial charge in [-0.25, -0.2) is 17.9 Å². The lowest BCUT2D eigenvalue weighted by Crippen LogP contribution is -2.56. The van der Waals surface area contributed by atoms with E-state index in [0.717, 1.165) is 5.56 Å². The first-order valence-electron chi connectivity index (χ1n) is 12.4. The minimum atomic E-state index is -3.90. The average molecular weight is 524 g/mol. The van der Waals surface area contributed by atoms with Crippen molar-refractivity contribution in [3.63, 3.8) is 0 Å². The highest BCUT2D eigenvalue weighted by Crippen LogP contribution is 2.31. The zero-order chi connectivity index (χ0) is 26.7. The van der Waals surface area contributed by atoms with Gasteiger partial charge in [0.1, 0.15) is 0 Å². The number of nitrogens with zero attached hydrogens (tertiary/aromatic N) is 1. The van der Waals surface area contributed by atoms with E-state index in [-0.39, 0.29) is 34.8 Å². The second-order valence-electron chi connectivity index (χ2n) is 9.63. The molecular weight excluding hydrogens is 490 g/mol. The second kappa shape index (κ2) is 10.9. The van der Waals surface area contributed by atoms with Crippen molar-refractivity contribution in [2.45, 2.75) is 38.6 Å². The van der Waals surface area contributed by atoms with Crippen LogP contribution in [0.5, 0.6) is 0 Å². The molecule has 2 amide bonds. The van der Waals surface area contributed by atoms with Crippen molar-refractivity contribution in [2.75, 3.05) is 25.0 Å². The number of anilines is 1. The molecule has 3 aromatic carbocycles. The van der Waals surface area contributed by atoms with Gasteiger partial charge in [0.15, 0.2) is 0 Å². The lowest BCUT2D eigenvalue weighted by atomic mass is 9.87. The van der Waals surface area contributed by atoms with Gasteiger partial charge in [0.05, 0.1) is 11.5 Å². The number of rotatable bonds is 6. The van der Waals surface area contributed by atoms with Gasteiger partial charge in [-0.05, 0) is 49.4 Å². The van der Waals surface area contributed by atoms with Crippen LogP contribution in [0.15, 0.2) is 65.6 Å². The number of likely N-dealkylation sites (tertiary alicyclic amines) is 1. The van der Waals surface area contributed by atoms with Gasteiger partial charge in [-0.2, -0.15) is 0 Å². The Morgan fingerprint density at radius 1 is 0.946 bits per heavy atom. The van der Waals surface area contributed by atoms with Gasteiger partial charge >= 0.3 is 6.09 Å². The molecule has 2 N–H and O–H groups in total. The molecule has 0 radical (unpaired) electrons. The van der Waals surface area contributed by atoms with Gasteiger partial charge in [-0.1, -0.05) is 56.3 Å². The van der Waals surface area contributed by atoms with Crippen molar-refractivity contribution in [3.05, 3.63) is 71.8 Å². The van der Waals surface area contributed by atoms with Crippen LogP contribution < -0.4 is 10.0 Å². The van der Waals surface area contributed by atoms with Crippen LogP contribution in [0.25, 0.3) is 10.8 Å². The van der Waals surface area contributed by atoms with Gasteiger partial charge in [-0.3, -0.25) is 4.79 Å². The number of hydrogen-bond acceptors (Lipinski definition) is 5. The summed E-state index contributed by atoms with van der Waals surface area (Å²) in [7, 11) is -3.90. The van der Waals surface area contributed by atoms with Gasteiger partial charge < -0.3 is 15.0 Å². The predicted molar refractivity (Wildman–Crippen MR) is 144 cm³/mol. The first-order chi connectivity index (χ1) is 17.6. The summed E-state index contributed by atoms with van der Waals surface area (Å²) < 4.78 is 35.3. The Kier molecular flexibility index (Phi) is 7.85. The quantitative estimate of drug-likeness (QED) is 0.483. The smallest absolute Gasteiger partial charge is 0.409 e. The van der Waals surface area contributed by atoms with E-state index in [1.54, 1.807) is 48.2 Å². The van der Waals surface area contributed by atoms with E-state index in [9.17, 15) is 18.0 Å². The zero-order valence-corrected chi connectivity index (χ0v) is 22.3. The molecule has 0 saturated carbocycles. The first kappa shape index (κ1) is 26.6. The fourth-order valence-electron chi connectivity index (χ4n) is 5.03. The van der Waals surface area contributed by atoms with Gasteiger partial charge in [0.2, 0.25) is 10.0 Å². The number of piperidine rings is 1. The second-order valence-corrected chi connectivity index (χ2v) is 11.3. The number of sulfonamides is 1. The number of ether oxygens (including phenoxy) is 1. The van der Waals surface area contributed by atoms with E-state index in [4.69, 9.17) is 4.74 Å². The summed E-state index contributed by atoms with van der Waals surface area (Å²) in [5.74, 6) is -0.475. The molecular formula is C28H33N3O5S. The van der Waals surface area contributed by atoms with Crippen molar-refractivity contribution >= 4 is 38.5 Å². The molecule has 1 fully saturated rings. The lowest BCUT2D eigenvalue weighted by Gasteiger charge is -2.40. The van der Waals surface area contributed by atoms with Crippen LogP contribution in [0.1, 0.15) is 36.7 Å². The molecule has 2 atom stereocenters. The Hall–Kier alpha value is -3.43. The molecule has 1 aliphatic rings. The van der Waals surface area contributed by atoms with Crippen LogP contribution in [-0.2, 0) is 14.8 Å².